The molecule has 3 amide bonds. The van der Waals surface area contributed by atoms with E-state index in [9.17, 15) is 14.4 Å². The molecule has 3 aliphatic heterocycles. The van der Waals surface area contributed by atoms with Crippen LogP contribution in [0.3, 0.4) is 0 Å². The zero-order valence-corrected chi connectivity index (χ0v) is 15.2. The SMILES string of the molecule is C=CC(C)(C)[C@@]12C[C@H]3C(=O)N[C@@H](C)C(=O)N3[C@@H]1N(C=O)c1ccccc12. The maximum absolute atomic E-state index is 13.0. The van der Waals surface area contributed by atoms with Gasteiger partial charge in [-0.25, -0.2) is 0 Å². The minimum Gasteiger partial charge on any atom is -0.343 e. The first-order valence-electron chi connectivity index (χ1n) is 8.89. The lowest BCUT2D eigenvalue weighted by molar-refractivity contribution is -0.149. The highest BCUT2D eigenvalue weighted by Crippen LogP contribution is 2.62. The Balaban J connectivity index is 2.02. The van der Waals surface area contributed by atoms with Crippen LogP contribution in [0.15, 0.2) is 36.9 Å². The molecule has 3 aliphatic rings. The summed E-state index contributed by atoms with van der Waals surface area (Å²) in [6.45, 7) is 9.81. The van der Waals surface area contributed by atoms with Gasteiger partial charge in [0.1, 0.15) is 18.2 Å². The molecule has 4 rings (SSSR count). The number of rotatable bonds is 3. The van der Waals surface area contributed by atoms with Crippen molar-refractivity contribution in [2.75, 3.05) is 4.90 Å². The molecule has 0 spiro atoms. The van der Waals surface area contributed by atoms with Crippen LogP contribution in [0, 0.1) is 5.41 Å². The molecular formula is C20H23N3O3. The van der Waals surface area contributed by atoms with Crippen molar-refractivity contribution in [3.05, 3.63) is 42.5 Å². The zero-order chi connectivity index (χ0) is 18.9. The van der Waals surface area contributed by atoms with Crippen molar-refractivity contribution in [2.45, 2.75) is 50.9 Å². The van der Waals surface area contributed by atoms with Crippen LogP contribution in [0.4, 0.5) is 5.69 Å². The lowest BCUT2D eigenvalue weighted by Gasteiger charge is -2.45. The van der Waals surface area contributed by atoms with E-state index in [0.29, 0.717) is 6.42 Å². The van der Waals surface area contributed by atoms with E-state index in [2.05, 4.69) is 25.7 Å². The van der Waals surface area contributed by atoms with Crippen LogP contribution in [-0.2, 0) is 19.8 Å². The van der Waals surface area contributed by atoms with Gasteiger partial charge in [-0.1, -0.05) is 38.1 Å². The molecule has 3 heterocycles. The van der Waals surface area contributed by atoms with Gasteiger partial charge in [0, 0.05) is 11.1 Å². The van der Waals surface area contributed by atoms with Crippen LogP contribution in [0.1, 0.15) is 32.8 Å². The molecule has 1 N–H and O–H groups in total. The summed E-state index contributed by atoms with van der Waals surface area (Å²) in [4.78, 5) is 41.0. The second-order valence-electron chi connectivity index (χ2n) is 8.00. The van der Waals surface area contributed by atoms with Crippen molar-refractivity contribution in [3.8, 4) is 0 Å². The normalized spacial score (nSPS) is 32.7. The molecule has 6 nitrogen and oxygen atoms in total. The summed E-state index contributed by atoms with van der Waals surface area (Å²) in [5, 5.41) is 2.77. The smallest absolute Gasteiger partial charge is 0.247 e. The van der Waals surface area contributed by atoms with Crippen molar-refractivity contribution in [2.24, 2.45) is 5.41 Å². The van der Waals surface area contributed by atoms with Gasteiger partial charge in [0.2, 0.25) is 18.2 Å². The second kappa shape index (κ2) is 5.19. The highest BCUT2D eigenvalue weighted by atomic mass is 16.2. The number of nitrogens with one attached hydrogen (secondary N) is 1. The zero-order valence-electron chi connectivity index (χ0n) is 15.2. The van der Waals surface area contributed by atoms with Gasteiger partial charge >= 0.3 is 0 Å². The Morgan fingerprint density at radius 2 is 2.00 bits per heavy atom. The fourth-order valence-corrected chi connectivity index (χ4v) is 5.07. The molecule has 0 aromatic heterocycles. The van der Waals surface area contributed by atoms with Crippen LogP contribution in [0.2, 0.25) is 0 Å². The fourth-order valence-electron chi connectivity index (χ4n) is 5.07. The number of piperazine rings is 1. The number of amides is 3. The number of benzene rings is 1. The number of fused-ring (bicyclic) bond motifs is 5. The maximum atomic E-state index is 13.0. The predicted octanol–water partition coefficient (Wildman–Crippen LogP) is 1.56. The third-order valence-corrected chi connectivity index (χ3v) is 6.54. The van der Waals surface area contributed by atoms with Gasteiger partial charge < -0.3 is 10.2 Å². The van der Waals surface area contributed by atoms with E-state index in [0.717, 1.165) is 17.7 Å². The first kappa shape index (κ1) is 16.8. The van der Waals surface area contributed by atoms with Gasteiger partial charge in [0.15, 0.2) is 0 Å². The van der Waals surface area contributed by atoms with E-state index >= 15 is 0 Å². The number of hydrogen-bond donors (Lipinski definition) is 1. The average molecular weight is 353 g/mol. The minimum absolute atomic E-state index is 0.152. The summed E-state index contributed by atoms with van der Waals surface area (Å²) < 4.78 is 0. The Kier molecular flexibility index (Phi) is 3.36. The molecule has 0 aliphatic carbocycles. The molecule has 0 unspecified atom stereocenters. The van der Waals surface area contributed by atoms with Gasteiger partial charge in [-0.3, -0.25) is 19.3 Å². The number of anilines is 1. The van der Waals surface area contributed by atoms with Crippen LogP contribution in [-0.4, -0.2) is 41.4 Å². The van der Waals surface area contributed by atoms with Gasteiger partial charge in [0.05, 0.1) is 0 Å². The topological polar surface area (TPSA) is 69.7 Å². The Morgan fingerprint density at radius 1 is 1.31 bits per heavy atom. The van der Waals surface area contributed by atoms with E-state index in [1.165, 1.54) is 0 Å². The van der Waals surface area contributed by atoms with E-state index in [1.807, 2.05) is 30.3 Å². The highest BCUT2D eigenvalue weighted by molar-refractivity contribution is 6.00. The Bertz CT molecular complexity index is 833. The number of hydrogen-bond acceptors (Lipinski definition) is 3. The standard InChI is InChI=1S/C20H23N3O3/c1-5-19(3,4)20-10-15-16(25)21-12(2)17(26)23(15)18(20)22(11-24)14-9-7-6-8-13(14)20/h5-9,11-12,15,18H,1,10H2,2-4H3,(H,21,25)/t12-,15-,18-,20+/m0/s1. The molecule has 136 valence electrons. The summed E-state index contributed by atoms with van der Waals surface area (Å²) in [7, 11) is 0. The summed E-state index contributed by atoms with van der Waals surface area (Å²) in [6.07, 6.45) is 2.57. The lowest BCUT2D eigenvalue weighted by Crippen LogP contribution is -2.65. The molecule has 0 radical (unpaired) electrons. The first-order chi connectivity index (χ1) is 12.3. The Morgan fingerprint density at radius 3 is 2.65 bits per heavy atom. The molecule has 4 atom stereocenters. The van der Waals surface area contributed by atoms with Crippen molar-refractivity contribution >= 4 is 23.9 Å². The van der Waals surface area contributed by atoms with Crippen molar-refractivity contribution < 1.29 is 14.4 Å². The highest BCUT2D eigenvalue weighted by Gasteiger charge is 2.69. The second-order valence-corrected chi connectivity index (χ2v) is 8.00. The summed E-state index contributed by atoms with van der Waals surface area (Å²) in [5.74, 6) is -0.310. The number of carbonyl (C=O) groups excluding carboxylic acids is 3. The number of carbonyl (C=O) groups is 3. The molecule has 26 heavy (non-hydrogen) atoms. The minimum atomic E-state index is -0.599. The van der Waals surface area contributed by atoms with Gasteiger partial charge in [0.25, 0.3) is 0 Å². The molecule has 0 saturated carbocycles. The number of para-hydroxylation sites is 1. The largest absolute Gasteiger partial charge is 0.343 e. The van der Waals surface area contributed by atoms with Crippen molar-refractivity contribution in [1.29, 1.82) is 0 Å². The summed E-state index contributed by atoms with van der Waals surface area (Å²) in [6, 6.07) is 6.54. The Labute approximate surface area is 152 Å². The fraction of sp³-hybridized carbons (Fsp3) is 0.450. The first-order valence-corrected chi connectivity index (χ1v) is 8.89. The van der Waals surface area contributed by atoms with Crippen LogP contribution in [0.25, 0.3) is 0 Å². The third-order valence-electron chi connectivity index (χ3n) is 6.54. The number of nitrogens with zero attached hydrogens (tertiary/aromatic N) is 2. The predicted molar refractivity (Wildman–Crippen MR) is 97.3 cm³/mol. The summed E-state index contributed by atoms with van der Waals surface area (Å²) >= 11 is 0. The van der Waals surface area contributed by atoms with E-state index in [1.54, 1.807) is 16.7 Å². The van der Waals surface area contributed by atoms with Crippen LogP contribution < -0.4 is 10.2 Å². The van der Waals surface area contributed by atoms with Crippen molar-refractivity contribution in [1.82, 2.24) is 10.2 Å². The molecule has 1 aromatic rings. The monoisotopic (exact) mass is 353 g/mol. The quantitative estimate of drug-likeness (QED) is 0.662. The average Bonchev–Trinajstić information content (AvgIpc) is 3.12. The lowest BCUT2D eigenvalue weighted by atomic mass is 9.60. The molecule has 6 heteroatoms. The molecule has 2 fully saturated rings. The summed E-state index contributed by atoms with van der Waals surface area (Å²) in [5.41, 5.74) is 0.762. The Hall–Kier alpha value is -2.63. The maximum Gasteiger partial charge on any atom is 0.247 e. The van der Waals surface area contributed by atoms with E-state index in [-0.39, 0.29) is 11.8 Å². The third kappa shape index (κ3) is 1.74. The van der Waals surface area contributed by atoms with Crippen molar-refractivity contribution in [3.63, 3.8) is 0 Å². The van der Waals surface area contributed by atoms with E-state index < -0.39 is 29.1 Å². The van der Waals surface area contributed by atoms with Crippen LogP contribution >= 0.6 is 0 Å². The molecule has 0 bridgehead atoms. The van der Waals surface area contributed by atoms with Gasteiger partial charge in [-0.2, -0.15) is 0 Å². The van der Waals surface area contributed by atoms with Gasteiger partial charge in [-0.15, -0.1) is 6.58 Å². The molecule has 1 aromatic carbocycles. The molecular weight excluding hydrogens is 330 g/mol. The van der Waals surface area contributed by atoms with Gasteiger partial charge in [-0.05, 0) is 30.4 Å². The number of allylic oxidation sites excluding steroid dienone is 1. The van der Waals surface area contributed by atoms with E-state index in [4.69, 9.17) is 0 Å². The van der Waals surface area contributed by atoms with Crippen LogP contribution in [0.5, 0.6) is 0 Å². The molecule has 2 saturated heterocycles.